The van der Waals surface area contributed by atoms with E-state index in [1.54, 1.807) is 0 Å². The van der Waals surface area contributed by atoms with Crippen LogP contribution >= 0.6 is 0 Å². The van der Waals surface area contributed by atoms with E-state index in [9.17, 15) is 9.59 Å². The molecule has 4 heteroatoms. The number of aryl methyl sites for hydroxylation is 1. The molecule has 1 atom stereocenters. The first kappa shape index (κ1) is 16.6. The molecule has 2 heterocycles. The number of likely N-dealkylation sites (tertiary alicyclic amines) is 1. The molecular weight excluding hydrogens is 312 g/mol. The smallest absolute Gasteiger partial charge is 0.242 e. The van der Waals surface area contributed by atoms with E-state index >= 15 is 0 Å². The van der Waals surface area contributed by atoms with Crippen molar-refractivity contribution in [3.63, 3.8) is 0 Å². The van der Waals surface area contributed by atoms with Gasteiger partial charge >= 0.3 is 0 Å². The Hall–Kier alpha value is -1.84. The summed E-state index contributed by atoms with van der Waals surface area (Å²) >= 11 is 0. The van der Waals surface area contributed by atoms with Gasteiger partial charge in [0, 0.05) is 24.8 Å². The first-order valence-corrected chi connectivity index (χ1v) is 9.88. The lowest BCUT2D eigenvalue weighted by molar-refractivity contribution is -0.146. The Balaban J connectivity index is 1.59. The van der Waals surface area contributed by atoms with Crippen molar-refractivity contribution in [2.45, 2.75) is 64.3 Å². The Morgan fingerprint density at radius 1 is 1.08 bits per heavy atom. The van der Waals surface area contributed by atoms with Crippen molar-refractivity contribution in [3.8, 4) is 0 Å². The number of fused-ring (bicyclic) bond motifs is 1. The van der Waals surface area contributed by atoms with E-state index in [-0.39, 0.29) is 11.8 Å². The SMILES string of the molecule is CCC1CCCCN1C(=O)C1(C(=O)N2CCCc3ccccc32)CC1. The third kappa shape index (κ3) is 2.76. The van der Waals surface area contributed by atoms with E-state index in [4.69, 9.17) is 0 Å². The zero-order chi connectivity index (χ0) is 17.4. The van der Waals surface area contributed by atoms with Gasteiger partial charge in [0.25, 0.3) is 0 Å². The van der Waals surface area contributed by atoms with Crippen molar-refractivity contribution in [1.29, 1.82) is 0 Å². The van der Waals surface area contributed by atoms with Crippen molar-refractivity contribution in [2.75, 3.05) is 18.0 Å². The summed E-state index contributed by atoms with van der Waals surface area (Å²) < 4.78 is 0. The van der Waals surface area contributed by atoms with Crippen LogP contribution in [0.3, 0.4) is 0 Å². The zero-order valence-corrected chi connectivity index (χ0v) is 15.2. The molecule has 134 valence electrons. The maximum absolute atomic E-state index is 13.4. The number of rotatable bonds is 3. The quantitative estimate of drug-likeness (QED) is 0.790. The maximum atomic E-state index is 13.4. The molecule has 0 N–H and O–H groups in total. The molecule has 1 aliphatic carbocycles. The summed E-state index contributed by atoms with van der Waals surface area (Å²) in [4.78, 5) is 30.7. The first-order chi connectivity index (χ1) is 12.2. The van der Waals surface area contributed by atoms with Crippen LogP contribution in [-0.2, 0) is 16.0 Å². The molecule has 0 spiro atoms. The van der Waals surface area contributed by atoms with E-state index < -0.39 is 5.41 Å². The van der Waals surface area contributed by atoms with E-state index in [0.29, 0.717) is 6.04 Å². The predicted octanol–water partition coefficient (Wildman–Crippen LogP) is 3.54. The number of nitrogens with zero attached hydrogens (tertiary/aromatic N) is 2. The van der Waals surface area contributed by atoms with Crippen molar-refractivity contribution in [1.82, 2.24) is 4.90 Å². The number of anilines is 1. The van der Waals surface area contributed by atoms with Gasteiger partial charge in [0.2, 0.25) is 11.8 Å². The third-order valence-electron chi connectivity index (χ3n) is 6.28. The summed E-state index contributed by atoms with van der Waals surface area (Å²) in [7, 11) is 0. The molecule has 1 saturated carbocycles. The second kappa shape index (κ2) is 6.47. The Kier molecular flexibility index (Phi) is 4.30. The summed E-state index contributed by atoms with van der Waals surface area (Å²) in [6.45, 7) is 3.71. The molecule has 1 aromatic rings. The zero-order valence-electron chi connectivity index (χ0n) is 15.2. The lowest BCUT2D eigenvalue weighted by Crippen LogP contribution is -2.52. The van der Waals surface area contributed by atoms with Crippen molar-refractivity contribution in [3.05, 3.63) is 29.8 Å². The van der Waals surface area contributed by atoms with E-state index in [0.717, 1.165) is 63.7 Å². The highest BCUT2D eigenvalue weighted by molar-refractivity contribution is 6.14. The Morgan fingerprint density at radius 3 is 2.64 bits per heavy atom. The van der Waals surface area contributed by atoms with Crippen LogP contribution in [0.2, 0.25) is 0 Å². The molecule has 4 nitrogen and oxygen atoms in total. The number of carbonyl (C=O) groups excluding carboxylic acids is 2. The molecule has 2 aliphatic heterocycles. The summed E-state index contributed by atoms with van der Waals surface area (Å²) in [5.41, 5.74) is 1.48. The highest BCUT2D eigenvalue weighted by atomic mass is 16.2. The van der Waals surface area contributed by atoms with Crippen LogP contribution < -0.4 is 4.90 Å². The average Bonchev–Trinajstić information content (AvgIpc) is 3.48. The van der Waals surface area contributed by atoms with Crippen LogP contribution in [0.1, 0.15) is 57.4 Å². The fraction of sp³-hybridized carbons (Fsp3) is 0.619. The molecule has 2 fully saturated rings. The third-order valence-corrected chi connectivity index (χ3v) is 6.28. The van der Waals surface area contributed by atoms with Gasteiger partial charge in [-0.1, -0.05) is 25.1 Å². The normalized spacial score (nSPS) is 24.6. The van der Waals surface area contributed by atoms with Crippen LogP contribution in [0.4, 0.5) is 5.69 Å². The monoisotopic (exact) mass is 340 g/mol. The molecule has 1 unspecified atom stereocenters. The van der Waals surface area contributed by atoms with Crippen LogP contribution in [0.5, 0.6) is 0 Å². The molecule has 0 bridgehead atoms. The van der Waals surface area contributed by atoms with Gasteiger partial charge in [-0.25, -0.2) is 0 Å². The average molecular weight is 340 g/mol. The maximum Gasteiger partial charge on any atom is 0.242 e. The second-order valence-electron chi connectivity index (χ2n) is 7.83. The molecule has 4 rings (SSSR count). The number of amides is 2. The number of hydrogen-bond acceptors (Lipinski definition) is 2. The number of para-hydroxylation sites is 1. The first-order valence-electron chi connectivity index (χ1n) is 9.88. The van der Waals surface area contributed by atoms with Gasteiger partial charge in [0.15, 0.2) is 0 Å². The fourth-order valence-electron chi connectivity index (χ4n) is 4.61. The Morgan fingerprint density at radius 2 is 1.88 bits per heavy atom. The lowest BCUT2D eigenvalue weighted by atomic mass is 9.94. The van der Waals surface area contributed by atoms with Gasteiger partial charge in [-0.15, -0.1) is 0 Å². The number of benzene rings is 1. The summed E-state index contributed by atoms with van der Waals surface area (Å²) in [6.07, 6.45) is 7.77. The molecule has 3 aliphatic rings. The largest absolute Gasteiger partial charge is 0.339 e. The number of piperidine rings is 1. The van der Waals surface area contributed by atoms with Gasteiger partial charge in [0.1, 0.15) is 5.41 Å². The Labute approximate surface area is 150 Å². The van der Waals surface area contributed by atoms with Gasteiger partial charge in [-0.3, -0.25) is 9.59 Å². The molecular formula is C21H28N2O2. The van der Waals surface area contributed by atoms with Gasteiger partial charge < -0.3 is 9.80 Å². The molecule has 25 heavy (non-hydrogen) atoms. The summed E-state index contributed by atoms with van der Waals surface area (Å²) in [5, 5.41) is 0. The Bertz CT molecular complexity index is 680. The topological polar surface area (TPSA) is 40.6 Å². The standard InChI is InChI=1S/C21H28N2O2/c1-2-17-10-5-6-14-22(17)19(24)21(12-13-21)20(25)23-15-7-9-16-8-3-4-11-18(16)23/h3-4,8,11,17H,2,5-7,9-10,12-15H2,1H3. The van der Waals surface area contributed by atoms with Crippen LogP contribution in [0.15, 0.2) is 24.3 Å². The number of carbonyl (C=O) groups is 2. The minimum atomic E-state index is -0.769. The highest BCUT2D eigenvalue weighted by Crippen LogP contribution is 2.50. The van der Waals surface area contributed by atoms with Crippen LogP contribution in [-0.4, -0.2) is 35.8 Å². The van der Waals surface area contributed by atoms with E-state index in [1.807, 2.05) is 28.0 Å². The van der Waals surface area contributed by atoms with E-state index in [1.165, 1.54) is 12.0 Å². The van der Waals surface area contributed by atoms with Gasteiger partial charge in [-0.05, 0) is 63.0 Å². The second-order valence-corrected chi connectivity index (χ2v) is 7.83. The molecule has 1 aromatic carbocycles. The van der Waals surface area contributed by atoms with Crippen molar-refractivity contribution < 1.29 is 9.59 Å². The predicted molar refractivity (Wildman–Crippen MR) is 98.4 cm³/mol. The molecule has 1 saturated heterocycles. The fourth-order valence-corrected chi connectivity index (χ4v) is 4.61. The van der Waals surface area contributed by atoms with E-state index in [2.05, 4.69) is 13.0 Å². The van der Waals surface area contributed by atoms with Crippen molar-refractivity contribution in [2.24, 2.45) is 5.41 Å². The minimum Gasteiger partial charge on any atom is -0.339 e. The van der Waals surface area contributed by atoms with Crippen molar-refractivity contribution >= 4 is 17.5 Å². The number of hydrogen-bond donors (Lipinski definition) is 0. The molecule has 0 radical (unpaired) electrons. The lowest BCUT2D eigenvalue weighted by Gasteiger charge is -2.39. The molecule has 2 amide bonds. The van der Waals surface area contributed by atoms with Gasteiger partial charge in [0.05, 0.1) is 0 Å². The van der Waals surface area contributed by atoms with Crippen LogP contribution in [0, 0.1) is 5.41 Å². The highest BCUT2D eigenvalue weighted by Gasteiger charge is 2.60. The van der Waals surface area contributed by atoms with Gasteiger partial charge in [-0.2, -0.15) is 0 Å². The van der Waals surface area contributed by atoms with Crippen LogP contribution in [0.25, 0.3) is 0 Å². The minimum absolute atomic E-state index is 0.0464. The summed E-state index contributed by atoms with van der Waals surface area (Å²) in [5.74, 6) is 0.150. The summed E-state index contributed by atoms with van der Waals surface area (Å²) in [6, 6.07) is 8.48. The molecule has 0 aromatic heterocycles.